The Bertz CT molecular complexity index is 538. The second kappa shape index (κ2) is 6.16. The van der Waals surface area contributed by atoms with Gasteiger partial charge in [0, 0.05) is 0 Å². The van der Waals surface area contributed by atoms with Gasteiger partial charge in [0.25, 0.3) is 0 Å². The van der Waals surface area contributed by atoms with Crippen molar-refractivity contribution in [1.29, 1.82) is 0 Å². The molecule has 3 N–H and O–H groups in total. The third-order valence-corrected chi connectivity index (χ3v) is 3.81. The first-order valence-corrected chi connectivity index (χ1v) is 6.69. The molecule has 124 valence electrons. The molecule has 1 aromatic rings. The van der Waals surface area contributed by atoms with E-state index in [0.717, 1.165) is 12.1 Å². The van der Waals surface area contributed by atoms with Crippen LogP contribution in [-0.2, 0) is 12.6 Å². The van der Waals surface area contributed by atoms with E-state index in [1.54, 1.807) is 20.8 Å². The second-order valence-corrected chi connectivity index (χ2v) is 6.30. The van der Waals surface area contributed by atoms with E-state index in [-0.39, 0.29) is 6.42 Å². The number of aliphatic hydroxyl groups excluding tert-OH is 1. The smallest absolute Gasteiger partial charge is 0.416 e. The lowest BCUT2D eigenvalue weighted by Crippen LogP contribution is -2.60. The summed E-state index contributed by atoms with van der Waals surface area (Å²) in [4.78, 5) is 11.0. The Morgan fingerprint density at radius 3 is 2.23 bits per heavy atom. The highest BCUT2D eigenvalue weighted by molar-refractivity contribution is 5.66. The summed E-state index contributed by atoms with van der Waals surface area (Å²) >= 11 is 0. The summed E-state index contributed by atoms with van der Waals surface area (Å²) in [5.74, 6) is 0. The molecule has 0 heterocycles. The minimum Gasteiger partial charge on any atom is -0.465 e. The van der Waals surface area contributed by atoms with Gasteiger partial charge in [0.05, 0.1) is 17.7 Å². The molecule has 0 radical (unpaired) electrons. The van der Waals surface area contributed by atoms with E-state index in [1.807, 2.05) is 0 Å². The molecule has 0 aliphatic rings. The minimum absolute atomic E-state index is 0.0524. The fourth-order valence-corrected chi connectivity index (χ4v) is 2.24. The Morgan fingerprint density at radius 2 is 1.82 bits per heavy atom. The molecular weight excluding hydrogens is 299 g/mol. The molecule has 7 heteroatoms. The van der Waals surface area contributed by atoms with Crippen LogP contribution in [-0.4, -0.2) is 28.5 Å². The first-order chi connectivity index (χ1) is 9.91. The van der Waals surface area contributed by atoms with E-state index in [1.165, 1.54) is 12.1 Å². The minimum atomic E-state index is -4.47. The van der Waals surface area contributed by atoms with Gasteiger partial charge >= 0.3 is 12.3 Å². The maximum atomic E-state index is 12.8. The molecule has 1 rings (SSSR count). The Morgan fingerprint density at radius 1 is 1.23 bits per heavy atom. The molecule has 0 saturated heterocycles. The standard InChI is InChI=1S/C15H20F3NO3/c1-13(2,3)14(9-20,19-12(21)22)8-10-5-4-6-11(7-10)15(16,17)18/h4-7,19-20H,8-9H2,1-3H3,(H,21,22)/t14-/m1/s1. The van der Waals surface area contributed by atoms with Crippen molar-refractivity contribution in [3.63, 3.8) is 0 Å². The third-order valence-electron chi connectivity index (χ3n) is 3.81. The lowest BCUT2D eigenvalue weighted by atomic mass is 9.70. The fraction of sp³-hybridized carbons (Fsp3) is 0.533. The average Bonchev–Trinajstić information content (AvgIpc) is 2.35. The SMILES string of the molecule is CC(C)(C)[C@](CO)(Cc1cccc(C(F)(F)F)c1)NC(=O)O. The van der Waals surface area contributed by atoms with Crippen molar-refractivity contribution in [1.82, 2.24) is 5.32 Å². The van der Waals surface area contributed by atoms with Crippen molar-refractivity contribution in [3.8, 4) is 0 Å². The summed E-state index contributed by atoms with van der Waals surface area (Å²) in [6.07, 6.45) is -5.86. The zero-order valence-corrected chi connectivity index (χ0v) is 12.7. The van der Waals surface area contributed by atoms with Gasteiger partial charge in [-0.15, -0.1) is 0 Å². The number of carboxylic acid groups (broad SMARTS) is 1. The number of hydrogen-bond acceptors (Lipinski definition) is 2. The van der Waals surface area contributed by atoms with Crippen molar-refractivity contribution in [3.05, 3.63) is 35.4 Å². The normalized spacial score (nSPS) is 15.2. The number of alkyl halides is 3. The van der Waals surface area contributed by atoms with Crippen LogP contribution >= 0.6 is 0 Å². The van der Waals surface area contributed by atoms with Gasteiger partial charge in [-0.3, -0.25) is 0 Å². The van der Waals surface area contributed by atoms with Crippen molar-refractivity contribution in [2.24, 2.45) is 5.41 Å². The maximum absolute atomic E-state index is 12.8. The number of carbonyl (C=O) groups is 1. The largest absolute Gasteiger partial charge is 0.465 e. The van der Waals surface area contributed by atoms with Crippen LogP contribution in [0.25, 0.3) is 0 Å². The van der Waals surface area contributed by atoms with Crippen LogP contribution in [0.2, 0.25) is 0 Å². The Labute approximate surface area is 127 Å². The quantitative estimate of drug-likeness (QED) is 0.797. The van der Waals surface area contributed by atoms with Crippen LogP contribution in [0.1, 0.15) is 31.9 Å². The molecule has 0 fully saturated rings. The van der Waals surface area contributed by atoms with Gasteiger partial charge in [-0.2, -0.15) is 13.2 Å². The molecule has 1 amide bonds. The molecule has 0 bridgehead atoms. The number of aliphatic hydroxyl groups is 1. The van der Waals surface area contributed by atoms with E-state index < -0.39 is 35.4 Å². The summed E-state index contributed by atoms with van der Waals surface area (Å²) in [7, 11) is 0. The topological polar surface area (TPSA) is 69.6 Å². The highest BCUT2D eigenvalue weighted by Crippen LogP contribution is 2.35. The van der Waals surface area contributed by atoms with Crippen LogP contribution in [0.5, 0.6) is 0 Å². The average molecular weight is 319 g/mol. The molecule has 0 unspecified atom stereocenters. The van der Waals surface area contributed by atoms with E-state index in [4.69, 9.17) is 5.11 Å². The molecule has 4 nitrogen and oxygen atoms in total. The van der Waals surface area contributed by atoms with Crippen LogP contribution in [0.3, 0.4) is 0 Å². The first kappa shape index (κ1) is 18.3. The Hall–Kier alpha value is -1.76. The molecule has 22 heavy (non-hydrogen) atoms. The van der Waals surface area contributed by atoms with E-state index in [2.05, 4.69) is 5.32 Å². The summed E-state index contributed by atoms with van der Waals surface area (Å²) in [5.41, 5.74) is -2.49. The molecule has 1 atom stereocenters. The van der Waals surface area contributed by atoms with Gasteiger partial charge in [0.15, 0.2) is 0 Å². The van der Waals surface area contributed by atoms with Gasteiger partial charge in [-0.25, -0.2) is 4.79 Å². The zero-order valence-electron chi connectivity index (χ0n) is 12.7. The van der Waals surface area contributed by atoms with Gasteiger partial charge in [-0.1, -0.05) is 39.0 Å². The summed E-state index contributed by atoms with van der Waals surface area (Å²) < 4.78 is 38.3. The van der Waals surface area contributed by atoms with Gasteiger partial charge in [0.2, 0.25) is 0 Å². The van der Waals surface area contributed by atoms with E-state index in [9.17, 15) is 23.1 Å². The highest BCUT2D eigenvalue weighted by atomic mass is 19.4. The molecule has 0 aromatic heterocycles. The maximum Gasteiger partial charge on any atom is 0.416 e. The lowest BCUT2D eigenvalue weighted by Gasteiger charge is -2.43. The van der Waals surface area contributed by atoms with E-state index >= 15 is 0 Å². The first-order valence-electron chi connectivity index (χ1n) is 6.69. The lowest BCUT2D eigenvalue weighted by molar-refractivity contribution is -0.137. The summed E-state index contributed by atoms with van der Waals surface area (Å²) in [5, 5.41) is 21.0. The molecule has 1 aromatic carbocycles. The third kappa shape index (κ3) is 4.13. The van der Waals surface area contributed by atoms with Crippen LogP contribution in [0.4, 0.5) is 18.0 Å². The van der Waals surface area contributed by atoms with Crippen LogP contribution in [0, 0.1) is 5.41 Å². The number of hydrogen-bond donors (Lipinski definition) is 3. The molecule has 0 aliphatic carbocycles. The van der Waals surface area contributed by atoms with Crippen LogP contribution in [0.15, 0.2) is 24.3 Å². The van der Waals surface area contributed by atoms with Gasteiger partial charge in [-0.05, 0) is 23.5 Å². The van der Waals surface area contributed by atoms with Crippen molar-refractivity contribution in [2.45, 2.75) is 38.9 Å². The number of benzene rings is 1. The number of halogens is 3. The predicted molar refractivity (Wildman–Crippen MR) is 75.6 cm³/mol. The molecule has 0 spiro atoms. The molecule has 0 aliphatic heterocycles. The summed E-state index contributed by atoms with van der Waals surface area (Å²) in [6.45, 7) is 4.62. The van der Waals surface area contributed by atoms with Crippen molar-refractivity contribution in [2.75, 3.05) is 6.61 Å². The zero-order chi connectivity index (χ0) is 17.2. The van der Waals surface area contributed by atoms with Crippen LogP contribution < -0.4 is 5.32 Å². The monoisotopic (exact) mass is 319 g/mol. The number of amides is 1. The van der Waals surface area contributed by atoms with Crippen molar-refractivity contribution < 1.29 is 28.2 Å². The molecule has 0 saturated carbocycles. The number of rotatable bonds is 4. The summed E-state index contributed by atoms with van der Waals surface area (Å²) in [6, 6.07) is 4.67. The van der Waals surface area contributed by atoms with Gasteiger partial charge < -0.3 is 15.5 Å². The predicted octanol–water partition coefficient (Wildman–Crippen LogP) is 3.29. The second-order valence-electron chi connectivity index (χ2n) is 6.30. The Balaban J connectivity index is 3.23. The Kier molecular flexibility index (Phi) is 5.12. The fourth-order valence-electron chi connectivity index (χ4n) is 2.24. The van der Waals surface area contributed by atoms with E-state index in [0.29, 0.717) is 5.56 Å². The van der Waals surface area contributed by atoms with Crippen molar-refractivity contribution >= 4 is 6.09 Å². The van der Waals surface area contributed by atoms with Gasteiger partial charge in [0.1, 0.15) is 0 Å². The molecular formula is C15H20F3NO3. The highest BCUT2D eigenvalue weighted by Gasteiger charge is 2.43. The number of nitrogens with one attached hydrogen (secondary N) is 1.